The molecule has 1 aromatic carbocycles. The van der Waals surface area contributed by atoms with E-state index in [0.29, 0.717) is 0 Å². The highest BCUT2D eigenvalue weighted by molar-refractivity contribution is 5.34. The zero-order chi connectivity index (χ0) is 11.8. The summed E-state index contributed by atoms with van der Waals surface area (Å²) in [5.74, 6) is 5.82. The van der Waals surface area contributed by atoms with Gasteiger partial charge in [-0.25, -0.2) is 0 Å². The van der Waals surface area contributed by atoms with Gasteiger partial charge in [-0.15, -0.1) is 0 Å². The van der Waals surface area contributed by atoms with Crippen molar-refractivity contribution >= 4 is 0 Å². The van der Waals surface area contributed by atoms with E-state index in [9.17, 15) is 10.1 Å². The molecule has 0 saturated carbocycles. The standard InChI is InChI=1S/C13H15NO2/c1-2-6-13(11-14(15)16)10-9-12-7-4-3-5-8-12/h3-5,7-8,13H,2,6,11H2,1H3. The van der Waals surface area contributed by atoms with Crippen LogP contribution < -0.4 is 0 Å². The fourth-order valence-corrected chi connectivity index (χ4v) is 1.44. The first-order valence-electron chi connectivity index (χ1n) is 5.40. The fourth-order valence-electron chi connectivity index (χ4n) is 1.44. The van der Waals surface area contributed by atoms with E-state index in [1.807, 2.05) is 37.3 Å². The zero-order valence-corrected chi connectivity index (χ0v) is 9.35. The number of hydrogen-bond acceptors (Lipinski definition) is 2. The predicted molar refractivity (Wildman–Crippen MR) is 63.6 cm³/mol. The maximum atomic E-state index is 10.4. The highest BCUT2D eigenvalue weighted by atomic mass is 16.6. The van der Waals surface area contributed by atoms with E-state index in [0.717, 1.165) is 18.4 Å². The molecule has 1 unspecified atom stereocenters. The fraction of sp³-hybridized carbons (Fsp3) is 0.385. The van der Waals surface area contributed by atoms with E-state index in [4.69, 9.17) is 0 Å². The summed E-state index contributed by atoms with van der Waals surface area (Å²) in [7, 11) is 0. The predicted octanol–water partition coefficient (Wildman–Crippen LogP) is 2.73. The van der Waals surface area contributed by atoms with Crippen molar-refractivity contribution in [2.24, 2.45) is 5.92 Å². The summed E-state index contributed by atoms with van der Waals surface area (Å²) in [6.45, 7) is 1.95. The van der Waals surface area contributed by atoms with Crippen molar-refractivity contribution in [1.29, 1.82) is 0 Å². The molecular formula is C13H15NO2. The van der Waals surface area contributed by atoms with Crippen molar-refractivity contribution < 1.29 is 4.92 Å². The van der Waals surface area contributed by atoms with Crippen LogP contribution in [0.15, 0.2) is 30.3 Å². The van der Waals surface area contributed by atoms with Gasteiger partial charge in [0.05, 0.1) is 5.92 Å². The minimum absolute atomic E-state index is 0.0618. The second-order valence-corrected chi connectivity index (χ2v) is 3.64. The highest BCUT2D eigenvalue weighted by Crippen LogP contribution is 2.06. The quantitative estimate of drug-likeness (QED) is 0.442. The summed E-state index contributed by atoms with van der Waals surface area (Å²) in [4.78, 5) is 10.1. The van der Waals surface area contributed by atoms with Crippen LogP contribution in [0.25, 0.3) is 0 Å². The van der Waals surface area contributed by atoms with Crippen molar-refractivity contribution in [1.82, 2.24) is 0 Å². The van der Waals surface area contributed by atoms with Crippen molar-refractivity contribution in [3.05, 3.63) is 46.0 Å². The molecule has 0 radical (unpaired) electrons. The van der Waals surface area contributed by atoms with E-state index in [1.165, 1.54) is 0 Å². The minimum atomic E-state index is -0.292. The molecule has 0 saturated heterocycles. The largest absolute Gasteiger partial charge is 0.264 e. The van der Waals surface area contributed by atoms with Crippen molar-refractivity contribution in [3.63, 3.8) is 0 Å². The molecule has 0 aromatic heterocycles. The molecule has 0 aliphatic carbocycles. The van der Waals surface area contributed by atoms with Gasteiger partial charge in [0, 0.05) is 10.5 Å². The molecule has 84 valence electrons. The third kappa shape index (κ3) is 4.61. The summed E-state index contributed by atoms with van der Waals surface area (Å²) in [6, 6.07) is 9.55. The first-order chi connectivity index (χ1) is 7.72. The Hall–Kier alpha value is -1.82. The molecular weight excluding hydrogens is 202 g/mol. The molecule has 0 N–H and O–H groups in total. The van der Waals surface area contributed by atoms with Gasteiger partial charge in [-0.2, -0.15) is 0 Å². The molecule has 0 aliphatic rings. The SMILES string of the molecule is CCCC(C#Cc1ccccc1)C[N+](=O)[O-]. The molecule has 0 bridgehead atoms. The average molecular weight is 217 g/mol. The first-order valence-corrected chi connectivity index (χ1v) is 5.40. The van der Waals surface area contributed by atoms with Crippen LogP contribution in [0.2, 0.25) is 0 Å². The smallest absolute Gasteiger partial charge is 0.217 e. The lowest BCUT2D eigenvalue weighted by Gasteiger charge is -2.02. The van der Waals surface area contributed by atoms with E-state index >= 15 is 0 Å². The van der Waals surface area contributed by atoms with Gasteiger partial charge in [-0.1, -0.05) is 43.4 Å². The van der Waals surface area contributed by atoms with Gasteiger partial charge < -0.3 is 0 Å². The van der Waals surface area contributed by atoms with Crippen LogP contribution in [0.1, 0.15) is 25.3 Å². The monoisotopic (exact) mass is 217 g/mol. The third-order valence-electron chi connectivity index (χ3n) is 2.20. The van der Waals surface area contributed by atoms with Crippen LogP contribution in [0.4, 0.5) is 0 Å². The molecule has 1 rings (SSSR count). The molecule has 16 heavy (non-hydrogen) atoms. The molecule has 1 atom stereocenters. The van der Waals surface area contributed by atoms with Crippen LogP contribution in [-0.4, -0.2) is 11.5 Å². The van der Waals surface area contributed by atoms with Crippen LogP contribution >= 0.6 is 0 Å². The number of hydrogen-bond donors (Lipinski definition) is 0. The summed E-state index contributed by atoms with van der Waals surface area (Å²) in [6.07, 6.45) is 1.70. The van der Waals surface area contributed by atoms with Gasteiger partial charge >= 0.3 is 0 Å². The normalized spacial score (nSPS) is 11.3. The van der Waals surface area contributed by atoms with E-state index in [2.05, 4.69) is 11.8 Å². The van der Waals surface area contributed by atoms with Gasteiger partial charge in [0.2, 0.25) is 6.54 Å². The number of rotatable bonds is 4. The van der Waals surface area contributed by atoms with Gasteiger partial charge in [0.25, 0.3) is 0 Å². The molecule has 3 nitrogen and oxygen atoms in total. The summed E-state index contributed by atoms with van der Waals surface area (Å²) in [5, 5.41) is 10.4. The Kier molecular flexibility index (Phi) is 5.07. The highest BCUT2D eigenvalue weighted by Gasteiger charge is 2.10. The summed E-state index contributed by atoms with van der Waals surface area (Å²) < 4.78 is 0. The van der Waals surface area contributed by atoms with Gasteiger partial charge in [0.15, 0.2) is 0 Å². The maximum absolute atomic E-state index is 10.4. The number of nitrogens with zero attached hydrogens (tertiary/aromatic N) is 1. The van der Waals surface area contributed by atoms with Crippen LogP contribution in [-0.2, 0) is 0 Å². The van der Waals surface area contributed by atoms with Crippen molar-refractivity contribution in [3.8, 4) is 11.8 Å². The Labute approximate surface area is 95.6 Å². The Balaban J connectivity index is 2.67. The van der Waals surface area contributed by atoms with E-state index in [1.54, 1.807) is 0 Å². The molecule has 0 amide bonds. The van der Waals surface area contributed by atoms with Gasteiger partial charge in [-0.05, 0) is 18.6 Å². The lowest BCUT2D eigenvalue weighted by atomic mass is 10.0. The molecule has 0 heterocycles. The lowest BCUT2D eigenvalue weighted by Crippen LogP contribution is -2.12. The Bertz CT molecular complexity index is 389. The van der Waals surface area contributed by atoms with Gasteiger partial charge in [0.1, 0.15) is 0 Å². The number of nitro groups is 1. The van der Waals surface area contributed by atoms with Crippen LogP contribution in [0.3, 0.4) is 0 Å². The maximum Gasteiger partial charge on any atom is 0.217 e. The summed E-state index contributed by atoms with van der Waals surface area (Å²) in [5.41, 5.74) is 0.909. The Morgan fingerprint density at radius 1 is 1.38 bits per heavy atom. The van der Waals surface area contributed by atoms with Crippen molar-refractivity contribution in [2.45, 2.75) is 19.8 Å². The van der Waals surface area contributed by atoms with Gasteiger partial charge in [-0.3, -0.25) is 10.1 Å². The van der Waals surface area contributed by atoms with Crippen molar-refractivity contribution in [2.75, 3.05) is 6.54 Å². The zero-order valence-electron chi connectivity index (χ0n) is 9.35. The second kappa shape index (κ2) is 6.62. The second-order valence-electron chi connectivity index (χ2n) is 3.64. The summed E-state index contributed by atoms with van der Waals surface area (Å²) >= 11 is 0. The third-order valence-corrected chi connectivity index (χ3v) is 2.20. The Morgan fingerprint density at radius 2 is 2.06 bits per heavy atom. The molecule has 0 aliphatic heterocycles. The topological polar surface area (TPSA) is 43.1 Å². The van der Waals surface area contributed by atoms with Crippen LogP contribution in [0, 0.1) is 27.9 Å². The lowest BCUT2D eigenvalue weighted by molar-refractivity contribution is -0.485. The Morgan fingerprint density at radius 3 is 2.62 bits per heavy atom. The molecule has 3 heteroatoms. The molecule has 0 fully saturated rings. The number of benzene rings is 1. The average Bonchev–Trinajstić information content (AvgIpc) is 2.27. The van der Waals surface area contributed by atoms with E-state index < -0.39 is 0 Å². The van der Waals surface area contributed by atoms with Crippen LogP contribution in [0.5, 0.6) is 0 Å². The first kappa shape index (κ1) is 12.3. The molecule has 1 aromatic rings. The van der Waals surface area contributed by atoms with E-state index in [-0.39, 0.29) is 17.4 Å². The molecule has 0 spiro atoms. The minimum Gasteiger partial charge on any atom is -0.264 e.